The van der Waals surface area contributed by atoms with E-state index in [-0.39, 0.29) is 0 Å². The number of carboxylic acid groups (broad SMARTS) is 1. The molecule has 2 fully saturated rings. The summed E-state index contributed by atoms with van der Waals surface area (Å²) in [5.74, 6) is 0.808. The fraction of sp³-hybridized carbons (Fsp3) is 0.900. The second kappa shape index (κ2) is 3.74. The van der Waals surface area contributed by atoms with Crippen molar-refractivity contribution >= 4 is 17.7 Å². The molecule has 14 heavy (non-hydrogen) atoms. The van der Waals surface area contributed by atoms with E-state index >= 15 is 0 Å². The summed E-state index contributed by atoms with van der Waals surface area (Å²) >= 11 is 2.00. The van der Waals surface area contributed by atoms with E-state index in [1.54, 1.807) is 0 Å². The molecule has 0 aliphatic carbocycles. The molecule has 2 heterocycles. The van der Waals surface area contributed by atoms with Crippen molar-refractivity contribution in [3.63, 3.8) is 0 Å². The van der Waals surface area contributed by atoms with Crippen LogP contribution in [0.15, 0.2) is 0 Å². The van der Waals surface area contributed by atoms with Crippen LogP contribution in [0.3, 0.4) is 0 Å². The van der Waals surface area contributed by atoms with E-state index in [4.69, 9.17) is 5.11 Å². The van der Waals surface area contributed by atoms with E-state index in [9.17, 15) is 4.79 Å². The Hall–Kier alpha value is -0.220. The second-order valence-electron chi connectivity index (χ2n) is 4.65. The van der Waals surface area contributed by atoms with Gasteiger partial charge in [0.2, 0.25) is 0 Å². The Morgan fingerprint density at radius 3 is 3.07 bits per heavy atom. The van der Waals surface area contributed by atoms with E-state index in [1.807, 2.05) is 11.8 Å². The number of carbonyl (C=O) groups is 1. The molecule has 0 aromatic carbocycles. The van der Waals surface area contributed by atoms with Gasteiger partial charge in [0.15, 0.2) is 0 Å². The van der Waals surface area contributed by atoms with Crippen LogP contribution < -0.4 is 0 Å². The normalized spacial score (nSPS) is 38.2. The van der Waals surface area contributed by atoms with Gasteiger partial charge in [0, 0.05) is 17.7 Å². The Labute approximate surface area is 88.9 Å². The van der Waals surface area contributed by atoms with Crippen LogP contribution in [0.25, 0.3) is 0 Å². The number of carboxylic acids is 1. The first-order valence-electron chi connectivity index (χ1n) is 5.14. The third-order valence-electron chi connectivity index (χ3n) is 3.26. The van der Waals surface area contributed by atoms with Gasteiger partial charge in [-0.25, -0.2) is 0 Å². The molecule has 1 N–H and O–H groups in total. The lowest BCUT2D eigenvalue weighted by molar-refractivity contribution is -0.137. The smallest absolute Gasteiger partial charge is 0.303 e. The van der Waals surface area contributed by atoms with E-state index in [0.29, 0.717) is 17.1 Å². The van der Waals surface area contributed by atoms with Gasteiger partial charge in [-0.2, -0.15) is 11.8 Å². The van der Waals surface area contributed by atoms with Crippen LogP contribution >= 0.6 is 11.8 Å². The average molecular weight is 215 g/mol. The zero-order valence-electron chi connectivity index (χ0n) is 8.53. The molecule has 0 aromatic rings. The van der Waals surface area contributed by atoms with Gasteiger partial charge < -0.3 is 10.0 Å². The standard InChI is InChI=1S/C10H17NO2S/c1-11-3-2-10(7-11)5-8(6-14-10)4-9(12)13/h8H,2-7H2,1H3,(H,12,13). The maximum Gasteiger partial charge on any atom is 0.303 e. The Bertz CT molecular complexity index is 246. The van der Waals surface area contributed by atoms with Gasteiger partial charge in [-0.05, 0) is 38.1 Å². The summed E-state index contributed by atoms with van der Waals surface area (Å²) in [7, 11) is 2.15. The third-order valence-corrected chi connectivity index (χ3v) is 5.01. The molecular weight excluding hydrogens is 198 g/mol. The number of nitrogens with zero attached hydrogens (tertiary/aromatic N) is 1. The maximum absolute atomic E-state index is 10.6. The van der Waals surface area contributed by atoms with Crippen molar-refractivity contribution in [1.82, 2.24) is 4.90 Å². The summed E-state index contributed by atoms with van der Waals surface area (Å²) in [6, 6.07) is 0. The number of rotatable bonds is 2. The molecule has 2 unspecified atom stereocenters. The summed E-state index contributed by atoms with van der Waals surface area (Å²) < 4.78 is 0.398. The molecule has 2 aliphatic rings. The van der Waals surface area contributed by atoms with E-state index < -0.39 is 5.97 Å². The van der Waals surface area contributed by atoms with Crippen molar-refractivity contribution in [2.45, 2.75) is 24.0 Å². The molecule has 0 amide bonds. The minimum Gasteiger partial charge on any atom is -0.481 e. The Balaban J connectivity index is 1.91. The van der Waals surface area contributed by atoms with Gasteiger partial charge in [0.05, 0.1) is 0 Å². The molecule has 1 spiro atoms. The van der Waals surface area contributed by atoms with Crippen LogP contribution in [0.4, 0.5) is 0 Å². The average Bonchev–Trinajstić information content (AvgIpc) is 2.60. The lowest BCUT2D eigenvalue weighted by atomic mass is 9.93. The quantitative estimate of drug-likeness (QED) is 0.753. The van der Waals surface area contributed by atoms with Gasteiger partial charge in [-0.3, -0.25) is 4.79 Å². The highest BCUT2D eigenvalue weighted by Gasteiger charge is 2.44. The number of likely N-dealkylation sites (tertiary alicyclic amines) is 1. The number of thioether (sulfide) groups is 1. The fourth-order valence-corrected chi connectivity index (χ4v) is 4.37. The molecular formula is C10H17NO2S. The molecule has 2 rings (SSSR count). The van der Waals surface area contributed by atoms with Gasteiger partial charge in [0.1, 0.15) is 0 Å². The molecule has 4 heteroatoms. The predicted molar refractivity (Wildman–Crippen MR) is 57.7 cm³/mol. The predicted octanol–water partition coefficient (Wildman–Crippen LogP) is 1.29. The molecule has 2 aliphatic heterocycles. The first kappa shape index (κ1) is 10.3. The van der Waals surface area contributed by atoms with Gasteiger partial charge in [-0.1, -0.05) is 0 Å². The maximum atomic E-state index is 10.6. The van der Waals surface area contributed by atoms with Crippen molar-refractivity contribution < 1.29 is 9.90 Å². The lowest BCUT2D eigenvalue weighted by Crippen LogP contribution is -2.26. The first-order chi connectivity index (χ1) is 6.60. The number of hydrogen-bond acceptors (Lipinski definition) is 3. The van der Waals surface area contributed by atoms with E-state index in [2.05, 4.69) is 11.9 Å². The van der Waals surface area contributed by atoms with E-state index in [1.165, 1.54) is 13.0 Å². The van der Waals surface area contributed by atoms with E-state index in [0.717, 1.165) is 18.7 Å². The van der Waals surface area contributed by atoms with Crippen LogP contribution in [0.1, 0.15) is 19.3 Å². The highest BCUT2D eigenvalue weighted by molar-refractivity contribution is 8.01. The van der Waals surface area contributed by atoms with Crippen molar-refractivity contribution in [2.75, 3.05) is 25.9 Å². The van der Waals surface area contributed by atoms with Crippen LogP contribution in [-0.2, 0) is 4.79 Å². The number of hydrogen-bond donors (Lipinski definition) is 1. The molecule has 80 valence electrons. The zero-order valence-corrected chi connectivity index (χ0v) is 9.35. The fourth-order valence-electron chi connectivity index (χ4n) is 2.65. The molecule has 0 bridgehead atoms. The highest BCUT2D eigenvalue weighted by atomic mass is 32.2. The van der Waals surface area contributed by atoms with Crippen molar-refractivity contribution in [1.29, 1.82) is 0 Å². The van der Waals surface area contributed by atoms with Crippen molar-refractivity contribution in [3.05, 3.63) is 0 Å². The van der Waals surface area contributed by atoms with Gasteiger partial charge >= 0.3 is 5.97 Å². The molecule has 2 saturated heterocycles. The Morgan fingerprint density at radius 1 is 1.71 bits per heavy atom. The lowest BCUT2D eigenvalue weighted by Gasteiger charge is -2.21. The Kier molecular flexibility index (Phi) is 2.75. The summed E-state index contributed by atoms with van der Waals surface area (Å²) in [6.07, 6.45) is 2.71. The number of aliphatic carboxylic acids is 1. The molecule has 2 atom stereocenters. The summed E-state index contributed by atoms with van der Waals surface area (Å²) in [5, 5.41) is 8.74. The highest BCUT2D eigenvalue weighted by Crippen LogP contribution is 2.47. The van der Waals surface area contributed by atoms with Gasteiger partial charge in [-0.15, -0.1) is 0 Å². The summed E-state index contributed by atoms with van der Waals surface area (Å²) in [6.45, 7) is 2.32. The molecule has 0 aromatic heterocycles. The topological polar surface area (TPSA) is 40.5 Å². The monoisotopic (exact) mass is 215 g/mol. The van der Waals surface area contributed by atoms with Crippen LogP contribution in [-0.4, -0.2) is 46.6 Å². The Morgan fingerprint density at radius 2 is 2.50 bits per heavy atom. The van der Waals surface area contributed by atoms with Gasteiger partial charge in [0.25, 0.3) is 0 Å². The van der Waals surface area contributed by atoms with Crippen molar-refractivity contribution in [2.24, 2.45) is 5.92 Å². The summed E-state index contributed by atoms with van der Waals surface area (Å²) in [4.78, 5) is 13.0. The minimum absolute atomic E-state index is 0.360. The minimum atomic E-state index is -0.640. The van der Waals surface area contributed by atoms with Crippen LogP contribution in [0.2, 0.25) is 0 Å². The van der Waals surface area contributed by atoms with Crippen molar-refractivity contribution in [3.8, 4) is 0 Å². The SMILES string of the molecule is CN1CCC2(CC(CC(=O)O)CS2)C1. The molecule has 3 nitrogen and oxygen atoms in total. The third kappa shape index (κ3) is 2.06. The molecule has 0 radical (unpaired) electrons. The largest absolute Gasteiger partial charge is 0.481 e. The molecule has 0 saturated carbocycles. The second-order valence-corrected chi connectivity index (χ2v) is 6.14. The first-order valence-corrected chi connectivity index (χ1v) is 6.12. The summed E-state index contributed by atoms with van der Waals surface area (Å²) in [5.41, 5.74) is 0. The van der Waals surface area contributed by atoms with Crippen LogP contribution in [0.5, 0.6) is 0 Å². The van der Waals surface area contributed by atoms with Crippen LogP contribution in [0, 0.1) is 5.92 Å². The zero-order chi connectivity index (χ0) is 10.2.